The fourth-order valence-electron chi connectivity index (χ4n) is 3.29. The molecule has 0 saturated carbocycles. The topological polar surface area (TPSA) is 82.6 Å². The van der Waals surface area contributed by atoms with Gasteiger partial charge in [-0.15, -0.1) is 11.8 Å². The standard InChI is InChI=1S/C23H21N3O4S/c1-28-19-8-15(9-20(29-2)21(19)30-3)16-7-17-18(23(27)26-22(17)25-11-16)13-31-12-14-5-4-6-24-10-14/h4-11,13H,12H2,1-3H3,(H,25,26,27). The molecule has 0 bridgehead atoms. The number of aromatic nitrogens is 2. The molecule has 0 spiro atoms. The number of nitrogens with one attached hydrogen (secondary N) is 1. The largest absolute Gasteiger partial charge is 0.493 e. The second-order valence-electron chi connectivity index (χ2n) is 6.69. The van der Waals surface area contributed by atoms with Crippen molar-refractivity contribution >= 4 is 29.1 Å². The first kappa shape index (κ1) is 20.7. The predicted molar refractivity (Wildman–Crippen MR) is 121 cm³/mol. The van der Waals surface area contributed by atoms with Crippen LogP contribution >= 0.6 is 11.8 Å². The number of hydrogen-bond donors (Lipinski definition) is 1. The molecule has 0 fully saturated rings. The number of methoxy groups -OCH3 is 3. The van der Waals surface area contributed by atoms with E-state index in [0.29, 0.717) is 28.6 Å². The second kappa shape index (κ2) is 9.09. The Balaban J connectivity index is 1.67. The van der Waals surface area contributed by atoms with Crippen LogP contribution in [0.4, 0.5) is 5.82 Å². The lowest BCUT2D eigenvalue weighted by molar-refractivity contribution is -0.110. The van der Waals surface area contributed by atoms with E-state index >= 15 is 0 Å². The molecule has 1 aromatic carbocycles. The van der Waals surface area contributed by atoms with Crippen molar-refractivity contribution in [2.45, 2.75) is 5.75 Å². The van der Waals surface area contributed by atoms with E-state index in [2.05, 4.69) is 15.3 Å². The number of hydrogen-bond acceptors (Lipinski definition) is 7. The molecule has 8 heteroatoms. The van der Waals surface area contributed by atoms with Crippen molar-refractivity contribution in [2.24, 2.45) is 0 Å². The van der Waals surface area contributed by atoms with Crippen molar-refractivity contribution in [3.63, 3.8) is 0 Å². The second-order valence-corrected chi connectivity index (χ2v) is 7.55. The quantitative estimate of drug-likeness (QED) is 0.551. The van der Waals surface area contributed by atoms with Crippen molar-refractivity contribution in [1.29, 1.82) is 0 Å². The van der Waals surface area contributed by atoms with Crippen molar-refractivity contribution in [1.82, 2.24) is 9.97 Å². The van der Waals surface area contributed by atoms with Gasteiger partial charge in [0.15, 0.2) is 11.5 Å². The highest BCUT2D eigenvalue weighted by atomic mass is 32.2. The molecule has 3 heterocycles. The summed E-state index contributed by atoms with van der Waals surface area (Å²) in [6.45, 7) is 0. The van der Waals surface area contributed by atoms with Crippen LogP contribution in [0.1, 0.15) is 11.1 Å². The molecule has 0 atom stereocenters. The zero-order chi connectivity index (χ0) is 21.8. The molecule has 1 N–H and O–H groups in total. The van der Waals surface area contributed by atoms with Crippen LogP contribution in [-0.2, 0) is 10.5 Å². The highest BCUT2D eigenvalue weighted by Gasteiger charge is 2.26. The van der Waals surface area contributed by atoms with Crippen molar-refractivity contribution in [2.75, 3.05) is 26.6 Å². The third-order valence-corrected chi connectivity index (χ3v) is 5.73. The van der Waals surface area contributed by atoms with E-state index in [4.69, 9.17) is 14.2 Å². The maximum atomic E-state index is 12.5. The van der Waals surface area contributed by atoms with Gasteiger partial charge in [-0.1, -0.05) is 6.07 Å². The van der Waals surface area contributed by atoms with Crippen molar-refractivity contribution < 1.29 is 19.0 Å². The summed E-state index contributed by atoms with van der Waals surface area (Å²) < 4.78 is 16.3. The summed E-state index contributed by atoms with van der Waals surface area (Å²) in [5.41, 5.74) is 4.11. The average molecular weight is 436 g/mol. The number of anilines is 1. The van der Waals surface area contributed by atoms with Crippen molar-refractivity contribution in [3.05, 3.63) is 65.5 Å². The number of rotatable bonds is 7. The molecule has 2 aromatic heterocycles. The van der Waals surface area contributed by atoms with Gasteiger partial charge in [0.2, 0.25) is 5.75 Å². The van der Waals surface area contributed by atoms with E-state index < -0.39 is 0 Å². The molecule has 0 radical (unpaired) electrons. The summed E-state index contributed by atoms with van der Waals surface area (Å²) in [4.78, 5) is 21.1. The molecule has 0 aliphatic carbocycles. The Morgan fingerprint density at radius 2 is 1.81 bits per heavy atom. The lowest BCUT2D eigenvalue weighted by Gasteiger charge is -2.14. The highest BCUT2D eigenvalue weighted by molar-refractivity contribution is 8.01. The number of carbonyl (C=O) groups is 1. The Morgan fingerprint density at radius 3 is 2.45 bits per heavy atom. The van der Waals surface area contributed by atoms with Crippen LogP contribution in [0, 0.1) is 0 Å². The van der Waals surface area contributed by atoms with E-state index in [1.54, 1.807) is 45.5 Å². The van der Waals surface area contributed by atoms with Gasteiger partial charge in [-0.2, -0.15) is 0 Å². The predicted octanol–water partition coefficient (Wildman–Crippen LogP) is 4.40. The lowest BCUT2D eigenvalue weighted by atomic mass is 10.0. The number of thioether (sulfide) groups is 1. The maximum absolute atomic E-state index is 12.5. The molecule has 1 aliphatic heterocycles. The first-order valence-corrected chi connectivity index (χ1v) is 10.5. The molecule has 1 amide bonds. The van der Waals surface area contributed by atoms with E-state index in [1.165, 1.54) is 0 Å². The highest BCUT2D eigenvalue weighted by Crippen LogP contribution is 2.42. The smallest absolute Gasteiger partial charge is 0.258 e. The number of ether oxygens (including phenoxy) is 3. The van der Waals surface area contributed by atoms with E-state index in [0.717, 1.165) is 28.0 Å². The van der Waals surface area contributed by atoms with E-state index in [-0.39, 0.29) is 5.91 Å². The Hall–Kier alpha value is -3.52. The summed E-state index contributed by atoms with van der Waals surface area (Å²) in [7, 11) is 4.71. The van der Waals surface area contributed by atoms with Gasteiger partial charge in [-0.3, -0.25) is 9.78 Å². The molecule has 4 rings (SSSR count). The van der Waals surface area contributed by atoms with Gasteiger partial charge in [-0.05, 0) is 40.8 Å². The molecule has 0 saturated heterocycles. The Labute approximate surface area is 184 Å². The molecule has 0 unspecified atom stereocenters. The summed E-state index contributed by atoms with van der Waals surface area (Å²) >= 11 is 1.54. The maximum Gasteiger partial charge on any atom is 0.258 e. The lowest BCUT2D eigenvalue weighted by Crippen LogP contribution is -2.03. The van der Waals surface area contributed by atoms with Gasteiger partial charge in [-0.25, -0.2) is 4.98 Å². The summed E-state index contributed by atoms with van der Waals surface area (Å²) in [6.07, 6.45) is 5.27. The average Bonchev–Trinajstić information content (AvgIpc) is 3.13. The molecule has 158 valence electrons. The van der Waals surface area contributed by atoms with Crippen molar-refractivity contribution in [3.8, 4) is 28.4 Å². The van der Waals surface area contributed by atoms with E-state index in [9.17, 15) is 4.79 Å². The summed E-state index contributed by atoms with van der Waals surface area (Å²) in [5, 5.41) is 4.69. The van der Waals surface area contributed by atoms with E-state index in [1.807, 2.05) is 41.9 Å². The number of fused-ring (bicyclic) bond motifs is 1. The molecule has 3 aromatic rings. The zero-order valence-corrected chi connectivity index (χ0v) is 18.2. The molecular formula is C23H21N3O4S. The minimum Gasteiger partial charge on any atom is -0.493 e. The summed E-state index contributed by atoms with van der Waals surface area (Å²) in [6, 6.07) is 9.56. The van der Waals surface area contributed by atoms with Crippen LogP contribution in [0.25, 0.3) is 16.7 Å². The van der Waals surface area contributed by atoms with Gasteiger partial charge in [0.05, 0.1) is 26.9 Å². The number of carbonyl (C=O) groups excluding carboxylic acids is 1. The zero-order valence-electron chi connectivity index (χ0n) is 17.3. The van der Waals surface area contributed by atoms with Crippen LogP contribution in [0.15, 0.2) is 54.3 Å². The van der Waals surface area contributed by atoms with Gasteiger partial charge >= 0.3 is 0 Å². The Kier molecular flexibility index (Phi) is 6.08. The van der Waals surface area contributed by atoms with Gasteiger partial charge in [0.25, 0.3) is 5.91 Å². The van der Waals surface area contributed by atoms with Crippen LogP contribution in [-0.4, -0.2) is 37.2 Å². The number of nitrogens with zero attached hydrogens (tertiary/aromatic N) is 2. The fourth-order valence-corrected chi connectivity index (χ4v) is 4.14. The number of pyridine rings is 2. The fraction of sp³-hybridized carbons (Fsp3) is 0.174. The minimum absolute atomic E-state index is 0.164. The molecule has 1 aliphatic rings. The first-order valence-electron chi connectivity index (χ1n) is 9.47. The normalized spacial score (nSPS) is 13.6. The summed E-state index contributed by atoms with van der Waals surface area (Å²) in [5.74, 6) is 2.73. The first-order chi connectivity index (χ1) is 15.1. The third-order valence-electron chi connectivity index (χ3n) is 4.83. The number of amides is 1. The Morgan fingerprint density at radius 1 is 1.03 bits per heavy atom. The van der Waals surface area contributed by atoms with Gasteiger partial charge in [0.1, 0.15) is 5.82 Å². The number of benzene rings is 1. The van der Waals surface area contributed by atoms with Crippen LogP contribution in [0.2, 0.25) is 0 Å². The molecule has 31 heavy (non-hydrogen) atoms. The molecule has 7 nitrogen and oxygen atoms in total. The van der Waals surface area contributed by atoms with Gasteiger partial charge < -0.3 is 19.5 Å². The van der Waals surface area contributed by atoms with Crippen LogP contribution in [0.5, 0.6) is 17.2 Å². The van der Waals surface area contributed by atoms with Crippen LogP contribution < -0.4 is 19.5 Å². The van der Waals surface area contributed by atoms with Gasteiger partial charge in [0, 0.05) is 35.5 Å². The monoisotopic (exact) mass is 435 g/mol. The Bertz CT molecular complexity index is 1120. The van der Waals surface area contributed by atoms with Crippen LogP contribution in [0.3, 0.4) is 0 Å². The minimum atomic E-state index is -0.164. The SMILES string of the molecule is COc1cc(-c2cnc3c(c2)C(=CSCc2cccnc2)C(=O)N3)cc(OC)c1OC. The third kappa shape index (κ3) is 4.20. The molecular weight excluding hydrogens is 414 g/mol.